The second kappa shape index (κ2) is 8.97. The van der Waals surface area contributed by atoms with Gasteiger partial charge in [-0.25, -0.2) is 4.39 Å². The van der Waals surface area contributed by atoms with Gasteiger partial charge in [-0.3, -0.25) is 14.5 Å². The van der Waals surface area contributed by atoms with Gasteiger partial charge in [-0.15, -0.1) is 0 Å². The van der Waals surface area contributed by atoms with Crippen molar-refractivity contribution in [3.63, 3.8) is 0 Å². The number of halogens is 1. The lowest BCUT2D eigenvalue weighted by Crippen LogP contribution is -2.51. The summed E-state index contributed by atoms with van der Waals surface area (Å²) in [6.07, 6.45) is 0. The van der Waals surface area contributed by atoms with E-state index in [1.54, 1.807) is 12.1 Å². The average molecular weight is 383 g/mol. The van der Waals surface area contributed by atoms with Gasteiger partial charge in [-0.2, -0.15) is 0 Å². The maximum Gasteiger partial charge on any atom is 0.253 e. The molecule has 1 aliphatic rings. The molecular formula is C22H26FN3O2. The summed E-state index contributed by atoms with van der Waals surface area (Å²) in [7, 11) is 0. The van der Waals surface area contributed by atoms with E-state index >= 15 is 0 Å². The van der Waals surface area contributed by atoms with Crippen molar-refractivity contribution in [3.05, 3.63) is 70.5 Å². The van der Waals surface area contributed by atoms with Crippen molar-refractivity contribution in [3.8, 4) is 0 Å². The number of aryl methyl sites for hydroxylation is 2. The standard InChI is InChI=1S/C22H26FN3O2/c1-16-3-6-19(13-17(16)2)22(28)26-11-9-25(10-12-26)15-21(27)24-14-18-4-7-20(23)8-5-18/h3-8,13H,9-12,14-15H2,1-2H3,(H,24,27). The molecule has 0 bridgehead atoms. The molecule has 0 saturated carbocycles. The number of piperazine rings is 1. The number of hydrogen-bond acceptors (Lipinski definition) is 3. The van der Waals surface area contributed by atoms with E-state index in [0.29, 0.717) is 44.8 Å². The molecule has 1 N–H and O–H groups in total. The average Bonchev–Trinajstić information content (AvgIpc) is 2.70. The number of hydrogen-bond donors (Lipinski definition) is 1. The van der Waals surface area contributed by atoms with Crippen molar-refractivity contribution < 1.29 is 14.0 Å². The Labute approximate surface area is 165 Å². The van der Waals surface area contributed by atoms with Crippen molar-refractivity contribution in [2.75, 3.05) is 32.7 Å². The van der Waals surface area contributed by atoms with Gasteiger partial charge in [0.2, 0.25) is 5.91 Å². The molecule has 1 aliphatic heterocycles. The summed E-state index contributed by atoms with van der Waals surface area (Å²) in [5, 5.41) is 2.85. The first kappa shape index (κ1) is 20.0. The zero-order valence-electron chi connectivity index (χ0n) is 16.4. The normalized spacial score (nSPS) is 14.8. The van der Waals surface area contributed by atoms with Gasteiger partial charge in [0.25, 0.3) is 5.91 Å². The minimum Gasteiger partial charge on any atom is -0.351 e. The number of benzene rings is 2. The van der Waals surface area contributed by atoms with E-state index in [-0.39, 0.29) is 17.6 Å². The van der Waals surface area contributed by atoms with Gasteiger partial charge >= 0.3 is 0 Å². The second-order valence-electron chi connectivity index (χ2n) is 7.27. The molecule has 0 aliphatic carbocycles. The van der Waals surface area contributed by atoms with Gasteiger partial charge in [0.05, 0.1) is 6.54 Å². The topological polar surface area (TPSA) is 52.7 Å². The molecule has 2 amide bonds. The van der Waals surface area contributed by atoms with E-state index in [4.69, 9.17) is 0 Å². The lowest BCUT2D eigenvalue weighted by atomic mass is 10.1. The highest BCUT2D eigenvalue weighted by atomic mass is 19.1. The van der Waals surface area contributed by atoms with Crippen LogP contribution in [0.4, 0.5) is 4.39 Å². The van der Waals surface area contributed by atoms with Crippen LogP contribution in [0.2, 0.25) is 0 Å². The zero-order chi connectivity index (χ0) is 20.1. The molecule has 1 heterocycles. The fourth-order valence-corrected chi connectivity index (χ4v) is 3.23. The van der Waals surface area contributed by atoms with Gasteiger partial charge < -0.3 is 10.2 Å². The SMILES string of the molecule is Cc1ccc(C(=O)N2CCN(CC(=O)NCc3ccc(F)cc3)CC2)cc1C. The molecule has 2 aromatic rings. The van der Waals surface area contributed by atoms with E-state index in [2.05, 4.69) is 5.32 Å². The van der Waals surface area contributed by atoms with E-state index in [1.807, 2.05) is 41.8 Å². The lowest BCUT2D eigenvalue weighted by molar-refractivity contribution is -0.122. The Bertz CT molecular complexity index is 843. The summed E-state index contributed by atoms with van der Waals surface area (Å²) in [6.45, 7) is 7.27. The number of carbonyl (C=O) groups excluding carboxylic acids is 2. The molecule has 0 radical (unpaired) electrons. The van der Waals surface area contributed by atoms with Crippen LogP contribution in [-0.4, -0.2) is 54.3 Å². The van der Waals surface area contributed by atoms with Crippen LogP contribution in [0.25, 0.3) is 0 Å². The zero-order valence-corrected chi connectivity index (χ0v) is 16.4. The van der Waals surface area contributed by atoms with Crippen LogP contribution in [0.1, 0.15) is 27.0 Å². The smallest absolute Gasteiger partial charge is 0.253 e. The number of nitrogens with zero attached hydrogens (tertiary/aromatic N) is 2. The quantitative estimate of drug-likeness (QED) is 0.863. The molecule has 148 valence electrons. The maximum atomic E-state index is 12.9. The van der Waals surface area contributed by atoms with Gasteiger partial charge in [-0.05, 0) is 54.8 Å². The molecule has 5 nitrogen and oxygen atoms in total. The molecule has 0 spiro atoms. The fraction of sp³-hybridized carbons (Fsp3) is 0.364. The molecule has 0 unspecified atom stereocenters. The molecular weight excluding hydrogens is 357 g/mol. The summed E-state index contributed by atoms with van der Waals surface area (Å²) in [5.74, 6) is -0.315. The molecule has 2 aromatic carbocycles. The Balaban J connectivity index is 1.44. The Morgan fingerprint density at radius 1 is 0.964 bits per heavy atom. The Hall–Kier alpha value is -2.73. The highest BCUT2D eigenvalue weighted by molar-refractivity contribution is 5.94. The van der Waals surface area contributed by atoms with Gasteiger partial charge in [-0.1, -0.05) is 18.2 Å². The molecule has 0 aromatic heterocycles. The van der Waals surface area contributed by atoms with Crippen LogP contribution in [0, 0.1) is 19.7 Å². The Morgan fingerprint density at radius 2 is 1.64 bits per heavy atom. The summed E-state index contributed by atoms with van der Waals surface area (Å²) in [5.41, 5.74) is 3.86. The summed E-state index contributed by atoms with van der Waals surface area (Å²) < 4.78 is 12.9. The summed E-state index contributed by atoms with van der Waals surface area (Å²) >= 11 is 0. The molecule has 1 fully saturated rings. The van der Waals surface area contributed by atoms with Crippen molar-refractivity contribution >= 4 is 11.8 Å². The van der Waals surface area contributed by atoms with Gasteiger partial charge in [0.15, 0.2) is 0 Å². The highest BCUT2D eigenvalue weighted by Gasteiger charge is 2.23. The molecule has 0 atom stereocenters. The van der Waals surface area contributed by atoms with Crippen LogP contribution < -0.4 is 5.32 Å². The largest absolute Gasteiger partial charge is 0.351 e. The maximum absolute atomic E-state index is 12.9. The third kappa shape index (κ3) is 5.16. The Morgan fingerprint density at radius 3 is 2.29 bits per heavy atom. The third-order valence-electron chi connectivity index (χ3n) is 5.18. The fourth-order valence-electron chi connectivity index (χ4n) is 3.23. The third-order valence-corrected chi connectivity index (χ3v) is 5.18. The van der Waals surface area contributed by atoms with Crippen molar-refractivity contribution in [2.45, 2.75) is 20.4 Å². The molecule has 3 rings (SSSR count). The predicted octanol–water partition coefficient (Wildman–Crippen LogP) is 2.52. The van der Waals surface area contributed by atoms with Crippen LogP contribution in [0.5, 0.6) is 0 Å². The molecule has 28 heavy (non-hydrogen) atoms. The van der Waals surface area contributed by atoms with E-state index in [9.17, 15) is 14.0 Å². The van der Waals surface area contributed by atoms with Crippen LogP contribution >= 0.6 is 0 Å². The minimum absolute atomic E-state index is 0.0449. The van der Waals surface area contributed by atoms with Crippen LogP contribution in [0.15, 0.2) is 42.5 Å². The minimum atomic E-state index is -0.289. The number of nitrogens with one attached hydrogen (secondary N) is 1. The molecule has 1 saturated heterocycles. The van der Waals surface area contributed by atoms with E-state index in [0.717, 1.165) is 11.1 Å². The second-order valence-corrected chi connectivity index (χ2v) is 7.27. The summed E-state index contributed by atoms with van der Waals surface area (Å²) in [4.78, 5) is 28.7. The number of rotatable bonds is 5. The van der Waals surface area contributed by atoms with Crippen LogP contribution in [-0.2, 0) is 11.3 Å². The predicted molar refractivity (Wildman–Crippen MR) is 107 cm³/mol. The van der Waals surface area contributed by atoms with Gasteiger partial charge in [0.1, 0.15) is 5.82 Å². The van der Waals surface area contributed by atoms with Gasteiger partial charge in [0, 0.05) is 38.3 Å². The van der Waals surface area contributed by atoms with E-state index < -0.39 is 0 Å². The van der Waals surface area contributed by atoms with Crippen LogP contribution in [0.3, 0.4) is 0 Å². The lowest BCUT2D eigenvalue weighted by Gasteiger charge is -2.34. The highest BCUT2D eigenvalue weighted by Crippen LogP contribution is 2.13. The monoisotopic (exact) mass is 383 g/mol. The Kier molecular flexibility index (Phi) is 6.41. The number of carbonyl (C=O) groups is 2. The first-order valence-corrected chi connectivity index (χ1v) is 9.52. The first-order chi connectivity index (χ1) is 13.4. The van der Waals surface area contributed by atoms with E-state index in [1.165, 1.54) is 17.7 Å². The number of amides is 2. The van der Waals surface area contributed by atoms with Crippen molar-refractivity contribution in [1.82, 2.24) is 15.1 Å². The molecule has 6 heteroatoms. The van der Waals surface area contributed by atoms with Crippen molar-refractivity contribution in [2.24, 2.45) is 0 Å². The van der Waals surface area contributed by atoms with Crippen molar-refractivity contribution in [1.29, 1.82) is 0 Å². The first-order valence-electron chi connectivity index (χ1n) is 9.52. The summed E-state index contributed by atoms with van der Waals surface area (Å²) in [6, 6.07) is 11.9.